The van der Waals surface area contributed by atoms with Crippen molar-refractivity contribution in [1.29, 1.82) is 0 Å². The normalized spacial score (nSPS) is 23.0. The monoisotopic (exact) mass is 252 g/mol. The van der Waals surface area contributed by atoms with Gasteiger partial charge >= 0.3 is 0 Å². The van der Waals surface area contributed by atoms with E-state index in [9.17, 15) is 20.1 Å². The minimum absolute atomic E-state index is 0.103. The molecule has 1 aliphatic rings. The first-order valence-corrected chi connectivity index (χ1v) is 5.68. The zero-order chi connectivity index (χ0) is 13.3. The molecule has 0 radical (unpaired) electrons. The second kappa shape index (κ2) is 4.83. The lowest BCUT2D eigenvalue weighted by atomic mass is 10.1. The van der Waals surface area contributed by atoms with E-state index >= 15 is 0 Å². The average Bonchev–Trinajstić information content (AvgIpc) is 2.74. The molecule has 98 valence electrons. The number of phenols is 2. The van der Waals surface area contributed by atoms with Gasteiger partial charge in [-0.1, -0.05) is 0 Å². The maximum atomic E-state index is 12.2. The standard InChI is InChI=1S/C12H16N2O4/c1-14(9-5-13-6-11(9)17)12(18)8-3-2-7(15)4-10(8)16/h2-4,9,11,13,15-17H,5-6H2,1H3/t9-,11-/m1/s1. The van der Waals surface area contributed by atoms with Crippen LogP contribution in [-0.4, -0.2) is 58.4 Å². The van der Waals surface area contributed by atoms with E-state index < -0.39 is 6.10 Å². The zero-order valence-electron chi connectivity index (χ0n) is 10.00. The van der Waals surface area contributed by atoms with Crippen LogP contribution in [0.1, 0.15) is 10.4 Å². The van der Waals surface area contributed by atoms with Crippen molar-refractivity contribution in [3.63, 3.8) is 0 Å². The van der Waals surface area contributed by atoms with E-state index in [4.69, 9.17) is 0 Å². The highest BCUT2D eigenvalue weighted by Gasteiger charge is 2.32. The van der Waals surface area contributed by atoms with Gasteiger partial charge in [-0.05, 0) is 12.1 Å². The first kappa shape index (κ1) is 12.7. The van der Waals surface area contributed by atoms with Crippen LogP contribution in [0.25, 0.3) is 0 Å². The molecular weight excluding hydrogens is 236 g/mol. The van der Waals surface area contributed by atoms with Crippen molar-refractivity contribution in [3.8, 4) is 11.5 Å². The molecule has 1 saturated heterocycles. The number of carbonyl (C=O) groups is 1. The van der Waals surface area contributed by atoms with Gasteiger partial charge in [-0.2, -0.15) is 0 Å². The molecule has 0 aromatic heterocycles. The Balaban J connectivity index is 2.20. The van der Waals surface area contributed by atoms with Crippen LogP contribution in [0.2, 0.25) is 0 Å². The van der Waals surface area contributed by atoms with E-state index in [-0.39, 0.29) is 29.0 Å². The Bertz CT molecular complexity index is 463. The van der Waals surface area contributed by atoms with Gasteiger partial charge in [-0.15, -0.1) is 0 Å². The maximum absolute atomic E-state index is 12.2. The molecule has 0 bridgehead atoms. The van der Waals surface area contributed by atoms with Crippen LogP contribution in [0.5, 0.6) is 11.5 Å². The van der Waals surface area contributed by atoms with Gasteiger partial charge < -0.3 is 25.5 Å². The first-order valence-electron chi connectivity index (χ1n) is 5.68. The number of hydrogen-bond donors (Lipinski definition) is 4. The average molecular weight is 252 g/mol. The molecule has 18 heavy (non-hydrogen) atoms. The number of β-amino-alcohol motifs (C(OH)–C–C–N with tert-alkyl or cyclic N) is 1. The summed E-state index contributed by atoms with van der Waals surface area (Å²) in [5.74, 6) is -0.762. The Morgan fingerprint density at radius 1 is 1.39 bits per heavy atom. The van der Waals surface area contributed by atoms with Gasteiger partial charge in [0.1, 0.15) is 11.5 Å². The Hall–Kier alpha value is -1.79. The number of aliphatic hydroxyl groups excluding tert-OH is 1. The Morgan fingerprint density at radius 3 is 2.67 bits per heavy atom. The summed E-state index contributed by atoms with van der Waals surface area (Å²) in [6.45, 7) is 0.964. The predicted molar refractivity (Wildman–Crippen MR) is 64.5 cm³/mol. The number of carbonyl (C=O) groups excluding carboxylic acids is 1. The summed E-state index contributed by atoms with van der Waals surface area (Å²) < 4.78 is 0. The number of aliphatic hydroxyl groups is 1. The molecule has 6 nitrogen and oxygen atoms in total. The van der Waals surface area contributed by atoms with Crippen molar-refractivity contribution in [2.75, 3.05) is 20.1 Å². The van der Waals surface area contributed by atoms with Crippen molar-refractivity contribution in [2.45, 2.75) is 12.1 Å². The quantitative estimate of drug-likeness (QED) is 0.569. The minimum atomic E-state index is -0.613. The molecule has 0 spiro atoms. The largest absolute Gasteiger partial charge is 0.508 e. The summed E-state index contributed by atoms with van der Waals surface area (Å²) in [5.41, 5.74) is 0.106. The minimum Gasteiger partial charge on any atom is -0.508 e. The van der Waals surface area contributed by atoms with Crippen LogP contribution in [0.4, 0.5) is 0 Å². The summed E-state index contributed by atoms with van der Waals surface area (Å²) in [4.78, 5) is 13.6. The third-order valence-electron chi connectivity index (χ3n) is 3.18. The molecule has 4 N–H and O–H groups in total. The summed E-state index contributed by atoms with van der Waals surface area (Å²) in [6, 6.07) is 3.50. The molecule has 0 aliphatic carbocycles. The van der Waals surface area contributed by atoms with Crippen LogP contribution in [-0.2, 0) is 0 Å². The molecule has 2 atom stereocenters. The maximum Gasteiger partial charge on any atom is 0.257 e. The molecule has 1 aromatic carbocycles. The second-order valence-corrected chi connectivity index (χ2v) is 4.41. The predicted octanol–water partition coefficient (Wildman–Crippen LogP) is -0.497. The van der Waals surface area contributed by atoms with E-state index in [0.29, 0.717) is 13.1 Å². The number of benzene rings is 1. The third kappa shape index (κ3) is 2.25. The topological polar surface area (TPSA) is 93.0 Å². The molecule has 6 heteroatoms. The van der Waals surface area contributed by atoms with E-state index in [1.165, 1.54) is 17.0 Å². The number of aromatic hydroxyl groups is 2. The fourth-order valence-electron chi connectivity index (χ4n) is 2.09. The van der Waals surface area contributed by atoms with Crippen molar-refractivity contribution >= 4 is 5.91 Å². The number of nitrogens with zero attached hydrogens (tertiary/aromatic N) is 1. The van der Waals surface area contributed by atoms with E-state index in [2.05, 4.69) is 5.32 Å². The molecule has 1 fully saturated rings. The molecule has 0 unspecified atom stereocenters. The summed E-state index contributed by atoms with van der Waals surface area (Å²) in [6.07, 6.45) is -0.613. The van der Waals surface area contributed by atoms with Gasteiger partial charge in [0.05, 0.1) is 17.7 Å². The van der Waals surface area contributed by atoms with Gasteiger partial charge in [0.2, 0.25) is 0 Å². The lowest BCUT2D eigenvalue weighted by molar-refractivity contribution is 0.0578. The lowest BCUT2D eigenvalue weighted by Crippen LogP contribution is -2.44. The number of nitrogens with one attached hydrogen (secondary N) is 1. The molecule has 2 rings (SSSR count). The van der Waals surface area contributed by atoms with Gasteiger partial charge in [-0.3, -0.25) is 4.79 Å². The molecule has 1 aromatic rings. The van der Waals surface area contributed by atoms with E-state index in [1.807, 2.05) is 0 Å². The van der Waals surface area contributed by atoms with E-state index in [1.54, 1.807) is 7.05 Å². The van der Waals surface area contributed by atoms with E-state index in [0.717, 1.165) is 6.07 Å². The lowest BCUT2D eigenvalue weighted by Gasteiger charge is -2.26. The summed E-state index contributed by atoms with van der Waals surface area (Å²) in [5, 5.41) is 31.5. The number of likely N-dealkylation sites (N-methyl/N-ethyl adjacent to an activating group) is 1. The third-order valence-corrected chi connectivity index (χ3v) is 3.18. The fraction of sp³-hybridized carbons (Fsp3) is 0.417. The molecule has 1 amide bonds. The van der Waals surface area contributed by atoms with Crippen molar-refractivity contribution in [2.24, 2.45) is 0 Å². The smallest absolute Gasteiger partial charge is 0.257 e. The molecule has 1 aliphatic heterocycles. The first-order chi connectivity index (χ1) is 8.50. The highest BCUT2D eigenvalue weighted by molar-refractivity contribution is 5.97. The summed E-state index contributed by atoms with van der Waals surface area (Å²) in [7, 11) is 1.58. The Labute approximate surface area is 104 Å². The van der Waals surface area contributed by atoms with Crippen molar-refractivity contribution in [3.05, 3.63) is 23.8 Å². The van der Waals surface area contributed by atoms with Crippen LogP contribution in [0.15, 0.2) is 18.2 Å². The number of amides is 1. The SMILES string of the molecule is CN(C(=O)c1ccc(O)cc1O)[C@@H]1CNC[C@H]1O. The summed E-state index contributed by atoms with van der Waals surface area (Å²) >= 11 is 0. The van der Waals surface area contributed by atoms with Crippen molar-refractivity contribution in [1.82, 2.24) is 10.2 Å². The Kier molecular flexibility index (Phi) is 3.40. The highest BCUT2D eigenvalue weighted by atomic mass is 16.3. The number of phenolic OH excluding ortho intramolecular Hbond substituents is 2. The highest BCUT2D eigenvalue weighted by Crippen LogP contribution is 2.24. The van der Waals surface area contributed by atoms with Gasteiger partial charge in [0.15, 0.2) is 0 Å². The van der Waals surface area contributed by atoms with Gasteiger partial charge in [0.25, 0.3) is 5.91 Å². The fourth-order valence-corrected chi connectivity index (χ4v) is 2.09. The van der Waals surface area contributed by atoms with Crippen LogP contribution < -0.4 is 5.32 Å². The van der Waals surface area contributed by atoms with Crippen LogP contribution >= 0.6 is 0 Å². The van der Waals surface area contributed by atoms with Crippen molar-refractivity contribution < 1.29 is 20.1 Å². The van der Waals surface area contributed by atoms with Crippen LogP contribution in [0.3, 0.4) is 0 Å². The Morgan fingerprint density at radius 2 is 2.11 bits per heavy atom. The van der Waals surface area contributed by atoms with Crippen LogP contribution in [0, 0.1) is 0 Å². The number of rotatable bonds is 2. The zero-order valence-corrected chi connectivity index (χ0v) is 10.00. The second-order valence-electron chi connectivity index (χ2n) is 4.41. The van der Waals surface area contributed by atoms with Gasteiger partial charge in [0, 0.05) is 26.2 Å². The molecular formula is C12H16N2O4. The number of hydrogen-bond acceptors (Lipinski definition) is 5. The van der Waals surface area contributed by atoms with Gasteiger partial charge in [-0.25, -0.2) is 0 Å². The molecule has 0 saturated carbocycles. The molecule has 1 heterocycles.